The van der Waals surface area contributed by atoms with Crippen molar-refractivity contribution in [3.63, 3.8) is 0 Å². The number of hydrogen-bond donors (Lipinski definition) is 2. The predicted octanol–water partition coefficient (Wildman–Crippen LogP) is 3.84. The number of aliphatic imine (C=N–C) groups is 1. The summed E-state index contributed by atoms with van der Waals surface area (Å²) in [6, 6.07) is 22.0. The molecule has 0 aliphatic heterocycles. The molecule has 0 amide bonds. The van der Waals surface area contributed by atoms with E-state index in [1.165, 1.54) is 5.56 Å². The zero-order valence-electron chi connectivity index (χ0n) is 14.9. The number of furan rings is 1. The summed E-state index contributed by atoms with van der Waals surface area (Å²) in [5.41, 5.74) is 9.34. The molecule has 3 N–H and O–H groups in total. The molecule has 0 bridgehead atoms. The van der Waals surface area contributed by atoms with E-state index in [0.717, 1.165) is 30.1 Å². The molecule has 0 saturated carbocycles. The van der Waals surface area contributed by atoms with Crippen molar-refractivity contribution >= 4 is 11.6 Å². The molecule has 5 heteroatoms. The van der Waals surface area contributed by atoms with Gasteiger partial charge in [0.1, 0.15) is 5.76 Å². The minimum Gasteiger partial charge on any atom is -0.468 e. The van der Waals surface area contributed by atoms with E-state index in [2.05, 4.69) is 40.5 Å². The highest BCUT2D eigenvalue weighted by atomic mass is 16.3. The maximum absolute atomic E-state index is 6.01. The Balaban J connectivity index is 1.62. The fourth-order valence-electron chi connectivity index (χ4n) is 2.76. The van der Waals surface area contributed by atoms with Gasteiger partial charge in [0.2, 0.25) is 0 Å². The van der Waals surface area contributed by atoms with Crippen molar-refractivity contribution in [1.29, 1.82) is 0 Å². The van der Waals surface area contributed by atoms with Crippen LogP contribution in [0, 0.1) is 0 Å². The highest BCUT2D eigenvalue weighted by molar-refractivity contribution is 5.92. The Hall–Kier alpha value is -3.05. The lowest BCUT2D eigenvalue weighted by molar-refractivity contribution is 0.287. The molecular formula is C21H24N4O. The summed E-state index contributed by atoms with van der Waals surface area (Å²) in [7, 11) is 2.08. The van der Waals surface area contributed by atoms with Crippen LogP contribution in [-0.4, -0.2) is 17.9 Å². The molecule has 0 spiro atoms. The molecule has 2 aromatic carbocycles. The minimum atomic E-state index is 0.412. The normalized spacial score (nSPS) is 11.7. The molecule has 1 heterocycles. The number of nitrogens with one attached hydrogen (secondary N) is 1. The Morgan fingerprint density at radius 1 is 0.962 bits per heavy atom. The van der Waals surface area contributed by atoms with Gasteiger partial charge in [-0.15, -0.1) is 0 Å². The topological polar surface area (TPSA) is 66.8 Å². The van der Waals surface area contributed by atoms with Crippen LogP contribution in [-0.2, 0) is 19.6 Å². The van der Waals surface area contributed by atoms with E-state index in [4.69, 9.17) is 10.2 Å². The van der Waals surface area contributed by atoms with Crippen LogP contribution in [0.1, 0.15) is 16.9 Å². The van der Waals surface area contributed by atoms with Crippen molar-refractivity contribution in [2.75, 3.05) is 12.4 Å². The molecule has 134 valence electrons. The van der Waals surface area contributed by atoms with Gasteiger partial charge in [-0.25, -0.2) is 4.99 Å². The lowest BCUT2D eigenvalue weighted by atomic mass is 10.1. The molecule has 3 aromatic rings. The molecule has 0 saturated heterocycles. The molecular weight excluding hydrogens is 324 g/mol. The molecule has 0 aliphatic carbocycles. The van der Waals surface area contributed by atoms with Crippen LogP contribution in [0.25, 0.3) is 0 Å². The average Bonchev–Trinajstić information content (AvgIpc) is 3.14. The third-order valence-electron chi connectivity index (χ3n) is 4.03. The van der Waals surface area contributed by atoms with Gasteiger partial charge in [0.05, 0.1) is 19.4 Å². The number of guanidine groups is 1. The number of hydrogen-bond acceptors (Lipinski definition) is 3. The Bertz CT molecular complexity index is 828. The van der Waals surface area contributed by atoms with Gasteiger partial charge < -0.3 is 15.5 Å². The van der Waals surface area contributed by atoms with Gasteiger partial charge in [0.25, 0.3) is 0 Å². The standard InChI is InChI=1S/C21H24N4O/c1-25(16-20-12-7-13-26-20)15-18-9-6-5-8-17(18)14-23-21(22)24-19-10-3-2-4-11-19/h2-13H,14-16H2,1H3,(H3,22,23,24). The summed E-state index contributed by atoms with van der Waals surface area (Å²) >= 11 is 0. The first-order valence-electron chi connectivity index (χ1n) is 8.60. The smallest absolute Gasteiger partial charge is 0.193 e. The monoisotopic (exact) mass is 348 g/mol. The lowest BCUT2D eigenvalue weighted by Gasteiger charge is -2.17. The quantitative estimate of drug-likeness (QED) is 0.503. The average molecular weight is 348 g/mol. The largest absolute Gasteiger partial charge is 0.468 e. The fraction of sp³-hybridized carbons (Fsp3) is 0.190. The van der Waals surface area contributed by atoms with E-state index in [9.17, 15) is 0 Å². The molecule has 1 aromatic heterocycles. The minimum absolute atomic E-state index is 0.412. The maximum Gasteiger partial charge on any atom is 0.193 e. The first-order chi connectivity index (χ1) is 12.7. The summed E-state index contributed by atoms with van der Waals surface area (Å²) in [5.74, 6) is 1.37. The number of rotatable bonds is 7. The van der Waals surface area contributed by atoms with Gasteiger partial charge in [0.15, 0.2) is 5.96 Å². The van der Waals surface area contributed by atoms with Crippen LogP contribution in [0.5, 0.6) is 0 Å². The molecule has 0 atom stereocenters. The highest BCUT2D eigenvalue weighted by Gasteiger charge is 2.07. The second-order valence-corrected chi connectivity index (χ2v) is 6.21. The summed E-state index contributed by atoms with van der Waals surface area (Å²) in [5, 5.41) is 3.11. The number of nitrogens with two attached hydrogens (primary N) is 1. The lowest BCUT2D eigenvalue weighted by Crippen LogP contribution is -2.22. The van der Waals surface area contributed by atoms with Crippen molar-refractivity contribution in [3.05, 3.63) is 89.9 Å². The Morgan fingerprint density at radius 3 is 2.42 bits per heavy atom. The second-order valence-electron chi connectivity index (χ2n) is 6.21. The van der Waals surface area contributed by atoms with E-state index in [-0.39, 0.29) is 0 Å². The molecule has 0 fully saturated rings. The van der Waals surface area contributed by atoms with Gasteiger partial charge in [-0.05, 0) is 42.4 Å². The van der Waals surface area contributed by atoms with Gasteiger partial charge in [-0.3, -0.25) is 4.90 Å². The third kappa shape index (κ3) is 5.22. The van der Waals surface area contributed by atoms with Crippen LogP contribution in [0.15, 0.2) is 82.4 Å². The zero-order chi connectivity index (χ0) is 18.2. The Kier molecular flexibility index (Phi) is 6.06. The van der Waals surface area contributed by atoms with Gasteiger partial charge in [-0.1, -0.05) is 42.5 Å². The molecule has 3 rings (SSSR count). The zero-order valence-corrected chi connectivity index (χ0v) is 14.9. The molecule has 0 unspecified atom stereocenters. The van der Waals surface area contributed by atoms with Crippen molar-refractivity contribution < 1.29 is 4.42 Å². The summed E-state index contributed by atoms with van der Waals surface area (Å²) in [4.78, 5) is 6.69. The van der Waals surface area contributed by atoms with Crippen LogP contribution in [0.3, 0.4) is 0 Å². The van der Waals surface area contributed by atoms with Crippen molar-refractivity contribution in [2.45, 2.75) is 19.6 Å². The van der Waals surface area contributed by atoms with E-state index >= 15 is 0 Å². The Morgan fingerprint density at radius 2 is 1.69 bits per heavy atom. The number of benzene rings is 2. The Labute approximate surface area is 154 Å². The summed E-state index contributed by atoms with van der Waals surface area (Å²) in [6.07, 6.45) is 1.70. The maximum atomic E-state index is 6.01. The number of anilines is 1. The van der Waals surface area contributed by atoms with Crippen molar-refractivity contribution in [3.8, 4) is 0 Å². The van der Waals surface area contributed by atoms with E-state index in [0.29, 0.717) is 12.5 Å². The summed E-state index contributed by atoms with van der Waals surface area (Å²) in [6.45, 7) is 2.12. The fourth-order valence-corrected chi connectivity index (χ4v) is 2.76. The predicted molar refractivity (Wildman–Crippen MR) is 106 cm³/mol. The SMILES string of the molecule is CN(Cc1ccco1)Cc1ccccc1CN=C(N)Nc1ccccc1. The van der Waals surface area contributed by atoms with Gasteiger partial charge >= 0.3 is 0 Å². The van der Waals surface area contributed by atoms with Crippen LogP contribution in [0.2, 0.25) is 0 Å². The molecule has 0 aliphatic rings. The number of para-hydroxylation sites is 1. The van der Waals surface area contributed by atoms with E-state index in [1.54, 1.807) is 6.26 Å². The van der Waals surface area contributed by atoms with Crippen LogP contribution >= 0.6 is 0 Å². The first kappa shape index (κ1) is 17.8. The third-order valence-corrected chi connectivity index (χ3v) is 4.03. The highest BCUT2D eigenvalue weighted by Crippen LogP contribution is 2.14. The summed E-state index contributed by atoms with van der Waals surface area (Å²) < 4.78 is 5.42. The van der Waals surface area contributed by atoms with Crippen molar-refractivity contribution in [2.24, 2.45) is 10.7 Å². The second kappa shape index (κ2) is 8.87. The molecule has 26 heavy (non-hydrogen) atoms. The molecule has 0 radical (unpaired) electrons. The first-order valence-corrected chi connectivity index (χ1v) is 8.60. The number of nitrogens with zero attached hydrogens (tertiary/aromatic N) is 2. The van der Waals surface area contributed by atoms with Crippen LogP contribution in [0.4, 0.5) is 5.69 Å². The van der Waals surface area contributed by atoms with Gasteiger partial charge in [-0.2, -0.15) is 0 Å². The van der Waals surface area contributed by atoms with E-state index in [1.807, 2.05) is 48.5 Å². The van der Waals surface area contributed by atoms with E-state index < -0.39 is 0 Å². The molecule has 5 nitrogen and oxygen atoms in total. The van der Waals surface area contributed by atoms with Gasteiger partial charge in [0, 0.05) is 12.2 Å². The van der Waals surface area contributed by atoms with Crippen molar-refractivity contribution in [1.82, 2.24) is 4.90 Å². The van der Waals surface area contributed by atoms with Crippen LogP contribution < -0.4 is 11.1 Å².